The van der Waals surface area contributed by atoms with Crippen molar-refractivity contribution in [3.05, 3.63) is 29.3 Å². The Bertz CT molecular complexity index is 530. The van der Waals surface area contributed by atoms with Gasteiger partial charge in [-0.1, -0.05) is 50.7 Å². The van der Waals surface area contributed by atoms with Crippen molar-refractivity contribution in [3.63, 3.8) is 0 Å². The SMILES string of the molecule is CCCCCCCCOCCC(=O)Nc1ccc(C)cc1C(F)(F)F. The molecule has 0 aliphatic rings. The Balaban J connectivity index is 2.29. The van der Waals surface area contributed by atoms with E-state index >= 15 is 0 Å². The van der Waals surface area contributed by atoms with Crippen LogP contribution in [0.3, 0.4) is 0 Å². The van der Waals surface area contributed by atoms with Gasteiger partial charge in [-0.25, -0.2) is 0 Å². The zero-order valence-electron chi connectivity index (χ0n) is 15.0. The normalized spacial score (nSPS) is 11.6. The Labute approximate surface area is 147 Å². The van der Waals surface area contributed by atoms with Crippen molar-refractivity contribution in [2.24, 2.45) is 0 Å². The Morgan fingerprint density at radius 2 is 1.76 bits per heavy atom. The number of anilines is 1. The molecule has 0 saturated heterocycles. The van der Waals surface area contributed by atoms with E-state index in [-0.39, 0.29) is 18.7 Å². The van der Waals surface area contributed by atoms with Crippen LogP contribution < -0.4 is 5.32 Å². The van der Waals surface area contributed by atoms with Gasteiger partial charge >= 0.3 is 6.18 Å². The molecule has 0 aromatic heterocycles. The van der Waals surface area contributed by atoms with E-state index in [2.05, 4.69) is 12.2 Å². The smallest absolute Gasteiger partial charge is 0.381 e. The number of carbonyl (C=O) groups is 1. The lowest BCUT2D eigenvalue weighted by Crippen LogP contribution is -2.18. The van der Waals surface area contributed by atoms with E-state index in [1.165, 1.54) is 31.7 Å². The molecule has 1 rings (SSSR count). The van der Waals surface area contributed by atoms with E-state index in [1.54, 1.807) is 13.0 Å². The molecule has 0 spiro atoms. The van der Waals surface area contributed by atoms with E-state index in [1.807, 2.05) is 0 Å². The fourth-order valence-electron chi connectivity index (χ4n) is 2.47. The number of nitrogens with one attached hydrogen (secondary N) is 1. The van der Waals surface area contributed by atoms with Crippen molar-refractivity contribution >= 4 is 11.6 Å². The predicted molar refractivity (Wildman–Crippen MR) is 93.6 cm³/mol. The fourth-order valence-corrected chi connectivity index (χ4v) is 2.47. The molecule has 0 unspecified atom stereocenters. The van der Waals surface area contributed by atoms with Crippen LogP contribution in [-0.2, 0) is 15.7 Å². The number of hydrogen-bond acceptors (Lipinski definition) is 2. The molecule has 6 heteroatoms. The highest BCUT2D eigenvalue weighted by atomic mass is 19.4. The van der Waals surface area contributed by atoms with Crippen molar-refractivity contribution < 1.29 is 22.7 Å². The van der Waals surface area contributed by atoms with Gasteiger partial charge in [-0.2, -0.15) is 13.2 Å². The number of alkyl halides is 3. The van der Waals surface area contributed by atoms with Gasteiger partial charge in [-0.05, 0) is 25.5 Å². The first kappa shape index (κ1) is 21.5. The minimum Gasteiger partial charge on any atom is -0.381 e. The van der Waals surface area contributed by atoms with Crippen molar-refractivity contribution in [3.8, 4) is 0 Å². The average molecular weight is 359 g/mol. The van der Waals surface area contributed by atoms with E-state index < -0.39 is 17.6 Å². The van der Waals surface area contributed by atoms with Crippen LogP contribution in [0.1, 0.15) is 63.0 Å². The first-order valence-corrected chi connectivity index (χ1v) is 8.90. The summed E-state index contributed by atoms with van der Waals surface area (Å²) >= 11 is 0. The number of halogens is 3. The lowest BCUT2D eigenvalue weighted by Gasteiger charge is -2.14. The van der Waals surface area contributed by atoms with Crippen molar-refractivity contribution in [1.82, 2.24) is 0 Å². The van der Waals surface area contributed by atoms with Gasteiger partial charge in [0.25, 0.3) is 0 Å². The predicted octanol–water partition coefficient (Wildman–Crippen LogP) is 5.72. The minimum absolute atomic E-state index is 0.0427. The second kappa shape index (κ2) is 11.1. The first-order valence-electron chi connectivity index (χ1n) is 8.90. The molecule has 0 fully saturated rings. The molecule has 0 aliphatic heterocycles. The van der Waals surface area contributed by atoms with E-state index in [0.717, 1.165) is 18.9 Å². The summed E-state index contributed by atoms with van der Waals surface area (Å²) in [5, 5.41) is 2.33. The summed E-state index contributed by atoms with van der Waals surface area (Å²) in [6.07, 6.45) is 2.47. The zero-order valence-corrected chi connectivity index (χ0v) is 15.0. The summed E-state index contributed by atoms with van der Waals surface area (Å²) in [5.74, 6) is -0.475. The molecule has 0 bridgehead atoms. The van der Waals surface area contributed by atoms with Crippen molar-refractivity contribution in [2.45, 2.75) is 65.0 Å². The third-order valence-corrected chi connectivity index (χ3v) is 3.87. The Hall–Kier alpha value is -1.56. The standard InChI is InChI=1S/C19H28F3NO2/c1-3-4-5-6-7-8-12-25-13-11-18(24)23-17-10-9-15(2)14-16(17)19(20,21)22/h9-10,14H,3-8,11-13H2,1-2H3,(H,23,24). The lowest BCUT2D eigenvalue weighted by atomic mass is 10.1. The first-order chi connectivity index (χ1) is 11.8. The number of hydrogen-bond donors (Lipinski definition) is 1. The van der Waals surface area contributed by atoms with Crippen LogP contribution in [0.15, 0.2) is 18.2 Å². The lowest BCUT2D eigenvalue weighted by molar-refractivity contribution is -0.137. The zero-order chi connectivity index (χ0) is 18.7. The topological polar surface area (TPSA) is 38.3 Å². The third kappa shape index (κ3) is 8.91. The molecular formula is C19H28F3NO2. The van der Waals surface area contributed by atoms with Crippen molar-refractivity contribution in [1.29, 1.82) is 0 Å². The van der Waals surface area contributed by atoms with Crippen LogP contribution in [0.5, 0.6) is 0 Å². The highest BCUT2D eigenvalue weighted by Gasteiger charge is 2.33. The third-order valence-electron chi connectivity index (χ3n) is 3.87. The summed E-state index contributed by atoms with van der Waals surface area (Å²) in [4.78, 5) is 11.8. The van der Waals surface area contributed by atoms with Gasteiger partial charge in [0.2, 0.25) is 5.91 Å². The van der Waals surface area contributed by atoms with Gasteiger partial charge < -0.3 is 10.1 Å². The number of rotatable bonds is 11. The van der Waals surface area contributed by atoms with E-state index in [0.29, 0.717) is 12.2 Å². The highest BCUT2D eigenvalue weighted by Crippen LogP contribution is 2.35. The van der Waals surface area contributed by atoms with Crippen LogP contribution in [0, 0.1) is 6.92 Å². The van der Waals surface area contributed by atoms with Crippen molar-refractivity contribution in [2.75, 3.05) is 18.5 Å². The Morgan fingerprint density at radius 1 is 1.08 bits per heavy atom. The van der Waals surface area contributed by atoms with Crippen LogP contribution >= 0.6 is 0 Å². The van der Waals surface area contributed by atoms with Gasteiger partial charge in [-0.15, -0.1) is 0 Å². The van der Waals surface area contributed by atoms with Crippen LogP contribution in [0.4, 0.5) is 18.9 Å². The van der Waals surface area contributed by atoms with Gasteiger partial charge in [-0.3, -0.25) is 4.79 Å². The van der Waals surface area contributed by atoms with E-state index in [9.17, 15) is 18.0 Å². The second-order valence-corrected chi connectivity index (χ2v) is 6.23. The average Bonchev–Trinajstić information content (AvgIpc) is 2.54. The molecule has 1 aromatic rings. The molecule has 1 N–H and O–H groups in total. The summed E-state index contributed by atoms with van der Waals surface area (Å²) in [6.45, 7) is 4.55. The van der Waals surface area contributed by atoms with E-state index in [4.69, 9.17) is 4.74 Å². The molecular weight excluding hydrogens is 331 g/mol. The van der Waals surface area contributed by atoms with Gasteiger partial charge in [0, 0.05) is 6.61 Å². The molecule has 1 amide bonds. The minimum atomic E-state index is -4.50. The molecule has 3 nitrogen and oxygen atoms in total. The largest absolute Gasteiger partial charge is 0.418 e. The summed E-state index contributed by atoms with van der Waals surface area (Å²) in [6, 6.07) is 3.86. The maximum atomic E-state index is 13.0. The summed E-state index contributed by atoms with van der Waals surface area (Å²) < 4.78 is 44.4. The molecule has 142 valence electrons. The Morgan fingerprint density at radius 3 is 2.44 bits per heavy atom. The number of unbranched alkanes of at least 4 members (excludes halogenated alkanes) is 5. The Kier molecular flexibility index (Phi) is 9.57. The van der Waals surface area contributed by atoms with Crippen LogP contribution in [-0.4, -0.2) is 19.1 Å². The summed E-state index contributed by atoms with van der Waals surface area (Å²) in [7, 11) is 0. The molecule has 0 saturated carbocycles. The van der Waals surface area contributed by atoms with Crippen LogP contribution in [0.2, 0.25) is 0 Å². The molecule has 1 aromatic carbocycles. The maximum absolute atomic E-state index is 13.0. The quantitative estimate of drug-likeness (QED) is 0.513. The molecule has 25 heavy (non-hydrogen) atoms. The molecule has 0 atom stereocenters. The molecule has 0 aliphatic carbocycles. The fraction of sp³-hybridized carbons (Fsp3) is 0.632. The molecule has 0 radical (unpaired) electrons. The number of benzene rings is 1. The van der Waals surface area contributed by atoms with Gasteiger partial charge in [0.15, 0.2) is 0 Å². The number of carbonyl (C=O) groups excluding carboxylic acids is 1. The molecule has 0 heterocycles. The number of ether oxygens (including phenoxy) is 1. The maximum Gasteiger partial charge on any atom is 0.418 e. The monoisotopic (exact) mass is 359 g/mol. The number of amides is 1. The highest BCUT2D eigenvalue weighted by molar-refractivity contribution is 5.91. The van der Waals surface area contributed by atoms with Gasteiger partial charge in [0.1, 0.15) is 0 Å². The second-order valence-electron chi connectivity index (χ2n) is 6.23. The number of aryl methyl sites for hydroxylation is 1. The van der Waals surface area contributed by atoms with Gasteiger partial charge in [0.05, 0.1) is 24.3 Å². The van der Waals surface area contributed by atoms with Crippen LogP contribution in [0.25, 0.3) is 0 Å². The summed E-state index contributed by atoms with van der Waals surface area (Å²) in [5.41, 5.74) is -0.541.